The Hall–Kier alpha value is -2.20. The van der Waals surface area contributed by atoms with Crippen LogP contribution in [0.1, 0.15) is 30.5 Å². The third-order valence-corrected chi connectivity index (χ3v) is 7.88. The molecule has 0 radical (unpaired) electrons. The Morgan fingerprint density at radius 1 is 1.22 bits per heavy atom. The van der Waals surface area contributed by atoms with Crippen LogP contribution in [0.4, 0.5) is 13.2 Å². The summed E-state index contributed by atoms with van der Waals surface area (Å²) >= 11 is 5.06. The Bertz CT molecular complexity index is 1560. The summed E-state index contributed by atoms with van der Waals surface area (Å²) in [5.74, 6) is -0.549. The summed E-state index contributed by atoms with van der Waals surface area (Å²) in [5.41, 5.74) is 1.39. The number of fused-ring (bicyclic) bond motifs is 1. The minimum absolute atomic E-state index is 0.0354. The number of hydrogen-bond acceptors (Lipinski definition) is 6. The molecule has 0 bridgehead atoms. The van der Waals surface area contributed by atoms with Crippen LogP contribution in [0.5, 0.6) is 5.75 Å². The molecule has 0 amide bonds. The Morgan fingerprint density at radius 3 is 2.54 bits per heavy atom. The molecule has 0 N–H and O–H groups in total. The Morgan fingerprint density at radius 2 is 1.92 bits per heavy atom. The number of carbonyl (C=O) groups excluding carboxylic acids is 1. The van der Waals surface area contributed by atoms with Crippen LogP contribution in [0.25, 0.3) is 6.08 Å². The Balaban J connectivity index is 1.96. The van der Waals surface area contributed by atoms with Crippen LogP contribution in [-0.4, -0.2) is 30.4 Å². The number of alkyl halides is 3. The predicted octanol–water partition coefficient (Wildman–Crippen LogP) is 4.95. The van der Waals surface area contributed by atoms with E-state index in [1.807, 2.05) is 59.8 Å². The molecule has 1 aliphatic rings. The molecule has 37 heavy (non-hydrogen) atoms. The van der Waals surface area contributed by atoms with Gasteiger partial charge in [0.05, 0.1) is 32.5 Å². The first kappa shape index (κ1) is 27.8. The second-order valence-corrected chi connectivity index (χ2v) is 11.3. The predicted molar refractivity (Wildman–Crippen MR) is 150 cm³/mol. The summed E-state index contributed by atoms with van der Waals surface area (Å²) in [4.78, 5) is 31.6. The molecule has 1 aliphatic heterocycles. The van der Waals surface area contributed by atoms with Crippen molar-refractivity contribution < 1.29 is 27.4 Å². The van der Waals surface area contributed by atoms with E-state index in [4.69, 9.17) is 9.47 Å². The zero-order valence-electron chi connectivity index (χ0n) is 19.4. The third-order valence-electron chi connectivity index (χ3n) is 5.47. The van der Waals surface area contributed by atoms with Gasteiger partial charge in [0.1, 0.15) is 5.75 Å². The smallest absolute Gasteiger partial charge is 0.422 e. The van der Waals surface area contributed by atoms with E-state index in [2.05, 4.69) is 27.6 Å². The SMILES string of the molecule is CCC1=C(C(=O)OC)[C@@H](c2ccccc2)n2c(s/c(=C/c3cc(I)cc(I)c3OCC(F)(F)F)c2=O)=N1. The summed E-state index contributed by atoms with van der Waals surface area (Å²) in [6.45, 7) is 0.401. The molecule has 2 heterocycles. The minimum Gasteiger partial charge on any atom is -0.482 e. The molecule has 0 aliphatic carbocycles. The highest BCUT2D eigenvalue weighted by Crippen LogP contribution is 2.33. The van der Waals surface area contributed by atoms with E-state index in [1.165, 1.54) is 17.8 Å². The normalized spacial score (nSPS) is 15.9. The number of esters is 1. The summed E-state index contributed by atoms with van der Waals surface area (Å²) in [6.07, 6.45) is -2.57. The standard InChI is InChI=1S/C25H19F3I2N2O4S/c1-3-17-19(23(34)35-2)20(13-7-5-4-6-8-13)32-22(33)18(37-24(32)31-17)10-14-9-15(29)11-16(30)21(14)36-12-25(26,27)28/h4-11,20H,3,12H2,1-2H3/b18-10+/t20-/m1/s1. The summed E-state index contributed by atoms with van der Waals surface area (Å²) in [5, 5.41) is 0. The van der Waals surface area contributed by atoms with Gasteiger partial charge in [-0.1, -0.05) is 48.6 Å². The number of rotatable bonds is 6. The van der Waals surface area contributed by atoms with E-state index in [-0.39, 0.29) is 15.9 Å². The summed E-state index contributed by atoms with van der Waals surface area (Å²) in [6, 6.07) is 11.7. The monoisotopic (exact) mass is 754 g/mol. The number of methoxy groups -OCH3 is 1. The van der Waals surface area contributed by atoms with Crippen molar-refractivity contribution in [2.75, 3.05) is 13.7 Å². The number of halogens is 5. The van der Waals surface area contributed by atoms with Gasteiger partial charge in [-0.2, -0.15) is 13.2 Å². The van der Waals surface area contributed by atoms with E-state index in [0.29, 0.717) is 31.6 Å². The maximum Gasteiger partial charge on any atom is 0.422 e. The van der Waals surface area contributed by atoms with Crippen LogP contribution in [0.15, 0.2) is 63.5 Å². The van der Waals surface area contributed by atoms with Crippen molar-refractivity contribution in [2.24, 2.45) is 4.99 Å². The Labute approximate surface area is 240 Å². The van der Waals surface area contributed by atoms with Crippen LogP contribution in [0.2, 0.25) is 0 Å². The molecule has 0 saturated heterocycles. The lowest BCUT2D eigenvalue weighted by Crippen LogP contribution is -2.40. The first-order valence-corrected chi connectivity index (χ1v) is 13.9. The quantitative estimate of drug-likeness (QED) is 0.264. The number of allylic oxidation sites excluding steroid dienone is 1. The van der Waals surface area contributed by atoms with Gasteiger partial charge in [0.15, 0.2) is 11.4 Å². The highest BCUT2D eigenvalue weighted by atomic mass is 127. The fraction of sp³-hybridized carbons (Fsp3) is 0.240. The number of carbonyl (C=O) groups is 1. The van der Waals surface area contributed by atoms with Gasteiger partial charge in [-0.3, -0.25) is 9.36 Å². The molecule has 12 heteroatoms. The molecule has 1 atom stereocenters. The Kier molecular flexibility index (Phi) is 8.48. The average molecular weight is 754 g/mol. The molecule has 0 saturated carbocycles. The molecule has 194 valence electrons. The first-order valence-electron chi connectivity index (χ1n) is 10.9. The molecule has 0 spiro atoms. The topological polar surface area (TPSA) is 69.9 Å². The molecule has 4 rings (SSSR count). The highest BCUT2D eigenvalue weighted by molar-refractivity contribution is 14.1. The number of thiazole rings is 1. The minimum atomic E-state index is -4.51. The fourth-order valence-electron chi connectivity index (χ4n) is 3.95. The second-order valence-electron chi connectivity index (χ2n) is 7.91. The summed E-state index contributed by atoms with van der Waals surface area (Å²) in [7, 11) is 1.27. The molecule has 0 unspecified atom stereocenters. The van der Waals surface area contributed by atoms with E-state index in [9.17, 15) is 22.8 Å². The van der Waals surface area contributed by atoms with Crippen molar-refractivity contribution in [2.45, 2.75) is 25.6 Å². The van der Waals surface area contributed by atoms with Gasteiger partial charge in [-0.15, -0.1) is 0 Å². The van der Waals surface area contributed by atoms with E-state index < -0.39 is 30.4 Å². The lowest BCUT2D eigenvalue weighted by Gasteiger charge is -2.25. The van der Waals surface area contributed by atoms with E-state index in [0.717, 1.165) is 14.9 Å². The van der Waals surface area contributed by atoms with E-state index >= 15 is 0 Å². The van der Waals surface area contributed by atoms with Gasteiger partial charge in [0.2, 0.25) is 0 Å². The van der Waals surface area contributed by atoms with Crippen LogP contribution >= 0.6 is 56.5 Å². The van der Waals surface area contributed by atoms with Crippen molar-refractivity contribution in [3.05, 3.63) is 91.7 Å². The number of nitrogens with zero attached hydrogens (tertiary/aromatic N) is 2. The van der Waals surface area contributed by atoms with Crippen molar-refractivity contribution in [3.63, 3.8) is 0 Å². The molecule has 3 aromatic rings. The van der Waals surface area contributed by atoms with Gasteiger partial charge >= 0.3 is 12.1 Å². The van der Waals surface area contributed by atoms with Crippen LogP contribution in [-0.2, 0) is 9.53 Å². The first-order chi connectivity index (χ1) is 17.5. The highest BCUT2D eigenvalue weighted by Gasteiger charge is 2.34. The van der Waals surface area contributed by atoms with Crippen molar-refractivity contribution >= 4 is 68.6 Å². The third kappa shape index (κ3) is 5.95. The number of aromatic nitrogens is 1. The molecule has 2 aromatic carbocycles. The van der Waals surface area contributed by atoms with E-state index in [1.54, 1.807) is 12.1 Å². The molecular weight excluding hydrogens is 735 g/mol. The average Bonchev–Trinajstić information content (AvgIpc) is 3.16. The molecule has 0 fully saturated rings. The number of benzene rings is 2. The molecule has 1 aromatic heterocycles. The van der Waals surface area contributed by atoms with Crippen LogP contribution in [0.3, 0.4) is 0 Å². The largest absolute Gasteiger partial charge is 0.482 e. The van der Waals surface area contributed by atoms with Crippen LogP contribution < -0.4 is 19.6 Å². The van der Waals surface area contributed by atoms with Gasteiger partial charge in [-0.05, 0) is 75.4 Å². The lowest BCUT2D eigenvalue weighted by molar-refractivity contribution is -0.153. The maximum atomic E-state index is 13.7. The number of ether oxygens (including phenoxy) is 2. The zero-order valence-corrected chi connectivity index (χ0v) is 24.6. The van der Waals surface area contributed by atoms with Crippen molar-refractivity contribution in [1.82, 2.24) is 4.57 Å². The lowest BCUT2D eigenvalue weighted by atomic mass is 9.95. The fourth-order valence-corrected chi connectivity index (χ4v) is 7.01. The molecule has 6 nitrogen and oxygen atoms in total. The van der Waals surface area contributed by atoms with Crippen LogP contribution in [0, 0.1) is 7.14 Å². The van der Waals surface area contributed by atoms with Crippen molar-refractivity contribution in [1.29, 1.82) is 0 Å². The second kappa shape index (κ2) is 11.3. The van der Waals surface area contributed by atoms with Gasteiger partial charge in [-0.25, -0.2) is 9.79 Å². The zero-order chi connectivity index (χ0) is 26.9. The van der Waals surface area contributed by atoms with Crippen molar-refractivity contribution in [3.8, 4) is 5.75 Å². The van der Waals surface area contributed by atoms with Gasteiger partial charge in [0.25, 0.3) is 5.56 Å². The summed E-state index contributed by atoms with van der Waals surface area (Å²) < 4.78 is 51.8. The maximum absolute atomic E-state index is 13.7. The van der Waals surface area contributed by atoms with Gasteiger partial charge < -0.3 is 9.47 Å². The number of hydrogen-bond donors (Lipinski definition) is 0. The molecular formula is C25H19F3I2N2O4S. The van der Waals surface area contributed by atoms with Gasteiger partial charge in [0, 0.05) is 9.13 Å².